The lowest BCUT2D eigenvalue weighted by Crippen LogP contribution is -2.33. The molecule has 0 fully saturated rings. The Hall–Kier alpha value is -1.55. The van der Waals surface area contributed by atoms with Crippen molar-refractivity contribution in [2.75, 3.05) is 13.2 Å². The zero-order valence-electron chi connectivity index (χ0n) is 12.6. The van der Waals surface area contributed by atoms with Gasteiger partial charge in [0.1, 0.15) is 5.60 Å². The molecule has 1 aromatic carbocycles. The molecule has 1 aromatic rings. The van der Waals surface area contributed by atoms with Crippen LogP contribution in [-0.4, -0.2) is 24.8 Å². The second kappa shape index (κ2) is 8.59. The van der Waals surface area contributed by atoms with Gasteiger partial charge in [0.25, 0.3) is 0 Å². The van der Waals surface area contributed by atoms with Gasteiger partial charge in [0, 0.05) is 13.2 Å². The summed E-state index contributed by atoms with van der Waals surface area (Å²) in [5, 5.41) is 2.73. The second-order valence-electron chi connectivity index (χ2n) is 5.67. The molecule has 1 amide bonds. The highest BCUT2D eigenvalue weighted by Crippen LogP contribution is 2.06. The highest BCUT2D eigenvalue weighted by Gasteiger charge is 2.15. The summed E-state index contributed by atoms with van der Waals surface area (Å²) in [5.74, 6) is 0. The molecule has 0 aliphatic heterocycles. The molecule has 1 N–H and O–H groups in total. The normalized spacial score (nSPS) is 11.2. The number of carbonyl (C=O) groups is 1. The third kappa shape index (κ3) is 8.53. The quantitative estimate of drug-likeness (QED) is 0.777. The topological polar surface area (TPSA) is 47.6 Å². The maximum Gasteiger partial charge on any atom is 0.407 e. The largest absolute Gasteiger partial charge is 0.444 e. The van der Waals surface area contributed by atoms with Gasteiger partial charge in [-0.25, -0.2) is 4.79 Å². The van der Waals surface area contributed by atoms with Crippen LogP contribution in [0.1, 0.15) is 39.2 Å². The summed E-state index contributed by atoms with van der Waals surface area (Å²) >= 11 is 0. The summed E-state index contributed by atoms with van der Waals surface area (Å²) in [6.07, 6.45) is 1.44. The third-order valence-electron chi connectivity index (χ3n) is 2.50. The molecule has 0 atom stereocenters. The summed E-state index contributed by atoms with van der Waals surface area (Å²) in [4.78, 5) is 11.4. The fourth-order valence-electron chi connectivity index (χ4n) is 1.60. The van der Waals surface area contributed by atoms with Crippen LogP contribution >= 0.6 is 0 Å². The van der Waals surface area contributed by atoms with Crippen LogP contribution in [0, 0.1) is 0 Å². The van der Waals surface area contributed by atoms with E-state index in [9.17, 15) is 4.79 Å². The number of hydrogen-bond acceptors (Lipinski definition) is 3. The number of ether oxygens (including phenoxy) is 2. The average Bonchev–Trinajstić information content (AvgIpc) is 2.37. The number of hydrogen-bond donors (Lipinski definition) is 1. The lowest BCUT2D eigenvalue weighted by molar-refractivity contribution is 0.0524. The lowest BCUT2D eigenvalue weighted by atomic mass is 10.2. The van der Waals surface area contributed by atoms with E-state index in [1.54, 1.807) is 0 Å². The number of rotatable bonds is 7. The first-order chi connectivity index (χ1) is 9.47. The van der Waals surface area contributed by atoms with E-state index in [2.05, 4.69) is 5.32 Å². The van der Waals surface area contributed by atoms with Gasteiger partial charge in [-0.3, -0.25) is 0 Å². The van der Waals surface area contributed by atoms with E-state index in [-0.39, 0.29) is 6.09 Å². The molecule has 20 heavy (non-hydrogen) atoms. The zero-order valence-corrected chi connectivity index (χ0v) is 12.6. The highest BCUT2D eigenvalue weighted by atomic mass is 16.6. The fourth-order valence-corrected chi connectivity index (χ4v) is 1.60. The summed E-state index contributed by atoms with van der Waals surface area (Å²) in [6, 6.07) is 10.1. The van der Waals surface area contributed by atoms with Crippen molar-refractivity contribution in [3.05, 3.63) is 35.9 Å². The van der Waals surface area contributed by atoms with Crippen molar-refractivity contribution in [3.63, 3.8) is 0 Å². The molecule has 0 radical (unpaired) electrons. The lowest BCUT2D eigenvalue weighted by Gasteiger charge is -2.19. The molecule has 4 heteroatoms. The van der Waals surface area contributed by atoms with Crippen LogP contribution in [0.25, 0.3) is 0 Å². The zero-order chi connectivity index (χ0) is 14.8. The molecule has 0 bridgehead atoms. The van der Waals surface area contributed by atoms with Crippen molar-refractivity contribution in [1.82, 2.24) is 5.32 Å². The third-order valence-corrected chi connectivity index (χ3v) is 2.50. The maximum absolute atomic E-state index is 11.4. The predicted molar refractivity (Wildman–Crippen MR) is 79.6 cm³/mol. The standard InChI is InChI=1S/C16H25NO3/c1-16(2,3)20-15(18)17-11-7-8-12-19-13-14-9-5-4-6-10-14/h4-6,9-10H,7-8,11-13H2,1-3H3,(H,17,18). The highest BCUT2D eigenvalue weighted by molar-refractivity contribution is 5.67. The summed E-state index contributed by atoms with van der Waals surface area (Å²) in [7, 11) is 0. The molecule has 0 saturated heterocycles. The molecule has 0 aliphatic carbocycles. The minimum Gasteiger partial charge on any atom is -0.444 e. The summed E-state index contributed by atoms with van der Waals surface area (Å²) in [6.45, 7) is 7.51. The Labute approximate surface area is 121 Å². The van der Waals surface area contributed by atoms with Crippen molar-refractivity contribution in [2.45, 2.75) is 45.8 Å². The van der Waals surface area contributed by atoms with Crippen molar-refractivity contribution in [3.8, 4) is 0 Å². The Kier molecular flexibility index (Phi) is 7.09. The van der Waals surface area contributed by atoms with Crippen LogP contribution < -0.4 is 5.32 Å². The van der Waals surface area contributed by atoms with Gasteiger partial charge in [0.05, 0.1) is 6.61 Å². The van der Waals surface area contributed by atoms with E-state index in [1.165, 1.54) is 5.56 Å². The van der Waals surface area contributed by atoms with Crippen molar-refractivity contribution in [1.29, 1.82) is 0 Å². The van der Waals surface area contributed by atoms with Gasteiger partial charge in [-0.15, -0.1) is 0 Å². The van der Waals surface area contributed by atoms with Gasteiger partial charge in [-0.2, -0.15) is 0 Å². The molecule has 1 rings (SSSR count). The molecular weight excluding hydrogens is 254 g/mol. The Morgan fingerprint density at radius 3 is 2.50 bits per heavy atom. The molecular formula is C16H25NO3. The van der Waals surface area contributed by atoms with Crippen LogP contribution in [0.15, 0.2) is 30.3 Å². The monoisotopic (exact) mass is 279 g/mol. The van der Waals surface area contributed by atoms with Gasteiger partial charge in [0.2, 0.25) is 0 Å². The fraction of sp³-hybridized carbons (Fsp3) is 0.562. The second-order valence-corrected chi connectivity index (χ2v) is 5.67. The predicted octanol–water partition coefficient (Wildman–Crippen LogP) is 3.51. The number of unbranched alkanes of at least 4 members (excludes halogenated alkanes) is 1. The van der Waals surface area contributed by atoms with E-state index in [1.807, 2.05) is 51.1 Å². The van der Waals surface area contributed by atoms with Crippen molar-refractivity contribution in [2.24, 2.45) is 0 Å². The minimum atomic E-state index is -0.442. The van der Waals surface area contributed by atoms with Crippen molar-refractivity contribution < 1.29 is 14.3 Å². The number of benzene rings is 1. The first-order valence-electron chi connectivity index (χ1n) is 7.06. The van der Waals surface area contributed by atoms with Gasteiger partial charge < -0.3 is 14.8 Å². The van der Waals surface area contributed by atoms with Crippen molar-refractivity contribution >= 4 is 6.09 Å². The van der Waals surface area contributed by atoms with E-state index >= 15 is 0 Å². The van der Waals surface area contributed by atoms with Gasteiger partial charge in [-0.05, 0) is 39.2 Å². The SMILES string of the molecule is CC(C)(C)OC(=O)NCCCCOCc1ccccc1. The number of amides is 1. The molecule has 4 nitrogen and oxygen atoms in total. The van der Waals surface area contributed by atoms with Gasteiger partial charge >= 0.3 is 6.09 Å². The van der Waals surface area contributed by atoms with Crippen LogP contribution in [0.2, 0.25) is 0 Å². The maximum atomic E-state index is 11.4. The molecule has 112 valence electrons. The molecule has 0 spiro atoms. The Balaban J connectivity index is 1.96. The van der Waals surface area contributed by atoms with E-state index in [0.717, 1.165) is 12.8 Å². The van der Waals surface area contributed by atoms with Crippen LogP contribution in [0.5, 0.6) is 0 Å². The summed E-state index contributed by atoms with van der Waals surface area (Å²) < 4.78 is 10.7. The molecule has 0 unspecified atom stereocenters. The van der Waals surface area contributed by atoms with E-state index in [0.29, 0.717) is 19.8 Å². The van der Waals surface area contributed by atoms with Crippen LogP contribution in [-0.2, 0) is 16.1 Å². The molecule has 0 saturated carbocycles. The van der Waals surface area contributed by atoms with Gasteiger partial charge in [0.15, 0.2) is 0 Å². The Morgan fingerprint density at radius 1 is 1.15 bits per heavy atom. The number of nitrogens with one attached hydrogen (secondary N) is 1. The van der Waals surface area contributed by atoms with Crippen LogP contribution in [0.4, 0.5) is 4.79 Å². The number of carbonyl (C=O) groups excluding carboxylic acids is 1. The Bertz CT molecular complexity index is 384. The van der Waals surface area contributed by atoms with Crippen LogP contribution in [0.3, 0.4) is 0 Å². The first kappa shape index (κ1) is 16.5. The average molecular weight is 279 g/mol. The molecule has 0 heterocycles. The number of alkyl carbamates (subject to hydrolysis) is 1. The minimum absolute atomic E-state index is 0.359. The summed E-state index contributed by atoms with van der Waals surface area (Å²) in [5.41, 5.74) is 0.738. The smallest absolute Gasteiger partial charge is 0.407 e. The molecule has 0 aromatic heterocycles. The van der Waals surface area contributed by atoms with E-state index < -0.39 is 5.60 Å². The van der Waals surface area contributed by atoms with E-state index in [4.69, 9.17) is 9.47 Å². The molecule has 0 aliphatic rings. The first-order valence-corrected chi connectivity index (χ1v) is 7.06. The Morgan fingerprint density at radius 2 is 1.85 bits per heavy atom. The van der Waals surface area contributed by atoms with Gasteiger partial charge in [-0.1, -0.05) is 30.3 Å².